The Morgan fingerprint density at radius 2 is 1.69 bits per heavy atom. The van der Waals surface area contributed by atoms with Crippen molar-refractivity contribution in [1.29, 1.82) is 0 Å². The molecular formula is C29H36F3N5O2. The molecule has 0 spiro atoms. The third-order valence-electron chi connectivity index (χ3n) is 7.15. The standard InChI is InChI=1S/C29H36F3N5O2/c1-4-34-16-18-35(19-17-34)27-26(22(2)33-37(27)25-9-6-5-7-10-25)21-36(15-8-20-39-3)28(38)23-11-13-24(14-12-23)29(30,31)32/h5-7,9-14H,4,8,15-21H2,1-3H3. The number of amides is 1. The molecule has 1 fully saturated rings. The number of anilines is 1. The van der Waals surface area contributed by atoms with Crippen LogP contribution in [0.1, 0.15) is 40.5 Å². The molecule has 0 bridgehead atoms. The molecule has 7 nitrogen and oxygen atoms in total. The Kier molecular flexibility index (Phi) is 9.29. The van der Waals surface area contributed by atoms with E-state index >= 15 is 0 Å². The average Bonchev–Trinajstić information content (AvgIpc) is 3.27. The van der Waals surface area contributed by atoms with Crippen LogP contribution in [0, 0.1) is 6.92 Å². The largest absolute Gasteiger partial charge is 0.416 e. The van der Waals surface area contributed by atoms with E-state index in [1.165, 1.54) is 12.1 Å². The monoisotopic (exact) mass is 543 g/mol. The number of nitrogens with zero attached hydrogens (tertiary/aromatic N) is 5. The van der Waals surface area contributed by atoms with E-state index in [-0.39, 0.29) is 18.0 Å². The van der Waals surface area contributed by atoms with Gasteiger partial charge in [0.25, 0.3) is 5.91 Å². The first-order chi connectivity index (χ1) is 18.7. The Bertz CT molecular complexity index is 1220. The second-order valence-corrected chi connectivity index (χ2v) is 9.70. The smallest absolute Gasteiger partial charge is 0.385 e. The molecule has 0 aliphatic carbocycles. The van der Waals surface area contributed by atoms with Crippen LogP contribution in [-0.2, 0) is 17.5 Å². The second-order valence-electron chi connectivity index (χ2n) is 9.70. The van der Waals surface area contributed by atoms with E-state index in [1.54, 1.807) is 12.0 Å². The van der Waals surface area contributed by atoms with Gasteiger partial charge in [0.1, 0.15) is 5.82 Å². The summed E-state index contributed by atoms with van der Waals surface area (Å²) >= 11 is 0. The zero-order chi connectivity index (χ0) is 28.0. The van der Waals surface area contributed by atoms with Gasteiger partial charge in [0, 0.05) is 57.6 Å². The first-order valence-electron chi connectivity index (χ1n) is 13.3. The first-order valence-corrected chi connectivity index (χ1v) is 13.3. The lowest BCUT2D eigenvalue weighted by Gasteiger charge is -2.36. The summed E-state index contributed by atoms with van der Waals surface area (Å²) < 4.78 is 46.5. The molecule has 0 radical (unpaired) electrons. The van der Waals surface area contributed by atoms with E-state index in [0.717, 1.165) is 67.6 Å². The van der Waals surface area contributed by atoms with Gasteiger partial charge in [0.05, 0.1) is 23.5 Å². The highest BCUT2D eigenvalue weighted by Gasteiger charge is 2.31. The number of rotatable bonds is 10. The zero-order valence-corrected chi connectivity index (χ0v) is 22.7. The van der Waals surface area contributed by atoms with Gasteiger partial charge < -0.3 is 19.4 Å². The Morgan fingerprint density at radius 3 is 2.28 bits per heavy atom. The van der Waals surface area contributed by atoms with E-state index < -0.39 is 11.7 Å². The molecule has 4 rings (SSSR count). The van der Waals surface area contributed by atoms with Gasteiger partial charge >= 0.3 is 6.18 Å². The van der Waals surface area contributed by atoms with Crippen LogP contribution in [-0.4, -0.2) is 78.5 Å². The van der Waals surface area contributed by atoms with Gasteiger partial charge in [-0.1, -0.05) is 25.1 Å². The van der Waals surface area contributed by atoms with Gasteiger partial charge in [0.15, 0.2) is 0 Å². The van der Waals surface area contributed by atoms with Crippen molar-refractivity contribution in [2.24, 2.45) is 0 Å². The number of carbonyl (C=O) groups is 1. The van der Waals surface area contributed by atoms with Crippen LogP contribution >= 0.6 is 0 Å². The summed E-state index contributed by atoms with van der Waals surface area (Å²) in [5, 5.41) is 4.89. The Hall–Kier alpha value is -3.37. The van der Waals surface area contributed by atoms with Crippen LogP contribution in [0.3, 0.4) is 0 Å². The molecular weight excluding hydrogens is 507 g/mol. The predicted octanol–water partition coefficient (Wildman–Crippen LogP) is 5.02. The topological polar surface area (TPSA) is 53.8 Å². The molecule has 0 N–H and O–H groups in total. The fraction of sp³-hybridized carbons (Fsp3) is 0.448. The summed E-state index contributed by atoms with van der Waals surface area (Å²) in [7, 11) is 1.60. The number of aromatic nitrogens is 2. The predicted molar refractivity (Wildman–Crippen MR) is 145 cm³/mol. The van der Waals surface area contributed by atoms with Gasteiger partial charge in [-0.3, -0.25) is 4.79 Å². The van der Waals surface area contributed by atoms with Crippen LogP contribution in [0.2, 0.25) is 0 Å². The number of ether oxygens (including phenoxy) is 1. The van der Waals surface area contributed by atoms with E-state index in [1.807, 2.05) is 41.9 Å². The lowest BCUT2D eigenvalue weighted by Crippen LogP contribution is -2.47. The minimum atomic E-state index is -4.46. The fourth-order valence-electron chi connectivity index (χ4n) is 4.91. The number of hydrogen-bond acceptors (Lipinski definition) is 5. The highest BCUT2D eigenvalue weighted by molar-refractivity contribution is 5.94. The number of hydrogen-bond donors (Lipinski definition) is 0. The van der Waals surface area contributed by atoms with Crippen LogP contribution in [0.4, 0.5) is 19.0 Å². The van der Waals surface area contributed by atoms with Crippen molar-refractivity contribution in [3.05, 3.63) is 77.0 Å². The van der Waals surface area contributed by atoms with Crippen LogP contribution in [0.25, 0.3) is 5.69 Å². The number of methoxy groups -OCH3 is 1. The summed E-state index contributed by atoms with van der Waals surface area (Å²) in [6.45, 7) is 9.75. The number of alkyl halides is 3. The van der Waals surface area contributed by atoms with E-state index in [0.29, 0.717) is 19.6 Å². The minimum absolute atomic E-state index is 0.214. The number of aryl methyl sites for hydroxylation is 1. The van der Waals surface area contributed by atoms with E-state index in [4.69, 9.17) is 9.84 Å². The molecule has 10 heteroatoms. The van der Waals surface area contributed by atoms with Crippen molar-refractivity contribution in [2.75, 3.05) is 57.9 Å². The summed E-state index contributed by atoms with van der Waals surface area (Å²) in [6.07, 6.45) is -3.86. The molecule has 2 aromatic carbocycles. The lowest BCUT2D eigenvalue weighted by atomic mass is 10.1. The highest BCUT2D eigenvalue weighted by atomic mass is 19.4. The third kappa shape index (κ3) is 6.80. The van der Waals surface area contributed by atoms with E-state index in [9.17, 15) is 18.0 Å². The van der Waals surface area contributed by atoms with Crippen LogP contribution < -0.4 is 4.90 Å². The molecule has 0 atom stereocenters. The summed E-state index contributed by atoms with van der Waals surface area (Å²) in [4.78, 5) is 20.0. The molecule has 1 aromatic heterocycles. The van der Waals surface area contributed by atoms with Crippen molar-refractivity contribution in [2.45, 2.75) is 33.0 Å². The molecule has 1 amide bonds. The van der Waals surface area contributed by atoms with Crippen LogP contribution in [0.15, 0.2) is 54.6 Å². The third-order valence-corrected chi connectivity index (χ3v) is 7.15. The maximum atomic E-state index is 13.6. The number of halogens is 3. The Labute approximate surface area is 227 Å². The minimum Gasteiger partial charge on any atom is -0.385 e. The van der Waals surface area contributed by atoms with Crippen LogP contribution in [0.5, 0.6) is 0 Å². The van der Waals surface area contributed by atoms with Crippen molar-refractivity contribution >= 4 is 11.7 Å². The van der Waals surface area contributed by atoms with Crippen molar-refractivity contribution in [3.8, 4) is 5.69 Å². The quantitative estimate of drug-likeness (QED) is 0.336. The van der Waals surface area contributed by atoms with Gasteiger partial charge in [0.2, 0.25) is 0 Å². The number of para-hydroxylation sites is 1. The molecule has 1 aliphatic heterocycles. The van der Waals surface area contributed by atoms with Gasteiger partial charge in [-0.2, -0.15) is 18.3 Å². The Balaban J connectivity index is 1.70. The highest BCUT2D eigenvalue weighted by Crippen LogP contribution is 2.31. The number of piperazine rings is 1. The maximum Gasteiger partial charge on any atom is 0.416 e. The zero-order valence-electron chi connectivity index (χ0n) is 22.7. The normalized spacial score (nSPS) is 14.6. The van der Waals surface area contributed by atoms with E-state index in [2.05, 4.69) is 16.7 Å². The SMILES string of the molecule is CCN1CCN(c2c(CN(CCCOC)C(=O)c3ccc(C(F)(F)F)cc3)c(C)nn2-c2ccccc2)CC1. The molecule has 2 heterocycles. The molecule has 39 heavy (non-hydrogen) atoms. The molecule has 0 unspecified atom stereocenters. The molecule has 0 saturated carbocycles. The summed E-state index contributed by atoms with van der Waals surface area (Å²) in [6, 6.07) is 14.3. The number of likely N-dealkylation sites (N-methyl/N-ethyl adjacent to an activating group) is 1. The van der Waals surface area contributed by atoms with Gasteiger partial charge in [-0.15, -0.1) is 0 Å². The molecule has 1 aliphatic rings. The summed E-state index contributed by atoms with van der Waals surface area (Å²) in [5.41, 5.74) is 2.11. The van der Waals surface area contributed by atoms with Crippen molar-refractivity contribution < 1.29 is 22.7 Å². The molecule has 3 aromatic rings. The number of benzene rings is 2. The van der Waals surface area contributed by atoms with Gasteiger partial charge in [-0.05, 0) is 56.3 Å². The first kappa shape index (κ1) is 28.6. The number of carbonyl (C=O) groups excluding carboxylic acids is 1. The second kappa shape index (κ2) is 12.7. The average molecular weight is 544 g/mol. The molecule has 210 valence electrons. The Morgan fingerprint density at radius 1 is 1.03 bits per heavy atom. The summed E-state index contributed by atoms with van der Waals surface area (Å²) in [5.74, 6) is 0.625. The van der Waals surface area contributed by atoms with Crippen molar-refractivity contribution in [3.63, 3.8) is 0 Å². The van der Waals surface area contributed by atoms with Crippen molar-refractivity contribution in [1.82, 2.24) is 19.6 Å². The maximum absolute atomic E-state index is 13.6. The fourth-order valence-corrected chi connectivity index (χ4v) is 4.91. The lowest BCUT2D eigenvalue weighted by molar-refractivity contribution is -0.137. The van der Waals surface area contributed by atoms with Gasteiger partial charge in [-0.25, -0.2) is 4.68 Å². The molecule has 1 saturated heterocycles.